The topological polar surface area (TPSA) is 165 Å². The van der Waals surface area contributed by atoms with Crippen LogP contribution in [0.4, 0.5) is 19.0 Å². The molecule has 3 atom stereocenters. The highest BCUT2D eigenvalue weighted by Gasteiger charge is 2.47. The van der Waals surface area contributed by atoms with Gasteiger partial charge in [-0.05, 0) is 31.7 Å². The number of anilines is 1. The average Bonchev–Trinajstić information content (AvgIpc) is 3.73. The summed E-state index contributed by atoms with van der Waals surface area (Å²) >= 11 is 0. The number of nitrogens with two attached hydrogens (primary N) is 1. The number of benzene rings is 1. The van der Waals surface area contributed by atoms with Gasteiger partial charge in [-0.3, -0.25) is 14.9 Å². The van der Waals surface area contributed by atoms with E-state index < -0.39 is 39.5 Å². The standard InChI is InChI=1S/C29H26F3N9O3S/c1-45(43,44)23-22(17-11-18-8-9-19(12-17)40(18)27(42)25-37-28(39-38-25)29(30,31)32)36-26-20(14-35-41(26)24(23)33)16-7-10-21(34-13-16)15-5-3-2-4-6-15/h2-7,10,13-14,17-19H,8-9,11-12,33H2,1H3,(H,37,38,39)/t17-,18-,19+. The molecule has 2 aliphatic heterocycles. The van der Waals surface area contributed by atoms with E-state index in [0.717, 1.165) is 17.5 Å². The Morgan fingerprint density at radius 1 is 1.00 bits per heavy atom. The summed E-state index contributed by atoms with van der Waals surface area (Å²) < 4.78 is 66.6. The second-order valence-corrected chi connectivity index (χ2v) is 13.3. The number of nitrogens with zero attached hydrogens (tertiary/aromatic N) is 7. The summed E-state index contributed by atoms with van der Waals surface area (Å²) in [5.41, 5.74) is 10.2. The van der Waals surface area contributed by atoms with Crippen molar-refractivity contribution in [2.45, 2.75) is 54.8 Å². The van der Waals surface area contributed by atoms with Crippen molar-refractivity contribution >= 4 is 27.2 Å². The molecule has 2 fully saturated rings. The Balaban J connectivity index is 1.24. The fraction of sp³-hybridized carbons (Fsp3) is 0.310. The number of piperidine rings is 1. The van der Waals surface area contributed by atoms with E-state index in [2.05, 4.69) is 25.3 Å². The number of H-pyrrole nitrogens is 1. The molecule has 7 rings (SSSR count). The number of carbonyl (C=O) groups is 1. The van der Waals surface area contributed by atoms with Gasteiger partial charge >= 0.3 is 6.18 Å². The Bertz CT molecular complexity index is 2030. The van der Waals surface area contributed by atoms with Gasteiger partial charge in [0.15, 0.2) is 15.5 Å². The van der Waals surface area contributed by atoms with Crippen LogP contribution in [0.2, 0.25) is 0 Å². The molecule has 0 aliphatic carbocycles. The lowest BCUT2D eigenvalue weighted by Crippen LogP contribution is -2.46. The van der Waals surface area contributed by atoms with E-state index in [0.29, 0.717) is 42.5 Å². The van der Waals surface area contributed by atoms with Gasteiger partial charge in [-0.25, -0.2) is 13.4 Å². The monoisotopic (exact) mass is 637 g/mol. The number of fused-ring (bicyclic) bond motifs is 3. The minimum atomic E-state index is -4.79. The zero-order valence-corrected chi connectivity index (χ0v) is 24.5. The van der Waals surface area contributed by atoms with E-state index in [1.54, 1.807) is 12.4 Å². The number of hydrogen-bond donors (Lipinski definition) is 2. The van der Waals surface area contributed by atoms with Crippen molar-refractivity contribution in [1.29, 1.82) is 0 Å². The number of halogens is 3. The summed E-state index contributed by atoms with van der Waals surface area (Å²) in [4.78, 5) is 27.5. The van der Waals surface area contributed by atoms with Crippen LogP contribution in [-0.4, -0.2) is 72.3 Å². The number of hydrogen-bond acceptors (Lipinski definition) is 9. The lowest BCUT2D eigenvalue weighted by atomic mass is 9.87. The fourth-order valence-corrected chi connectivity index (χ4v) is 7.61. The lowest BCUT2D eigenvalue weighted by Gasteiger charge is -2.38. The highest BCUT2D eigenvalue weighted by molar-refractivity contribution is 7.91. The molecule has 0 radical (unpaired) electrons. The molecule has 2 saturated heterocycles. The Hall–Kier alpha value is -4.86. The number of aromatic nitrogens is 7. The van der Waals surface area contributed by atoms with Crippen molar-refractivity contribution in [2.75, 3.05) is 12.0 Å². The number of aromatic amines is 1. The van der Waals surface area contributed by atoms with E-state index in [1.807, 2.05) is 42.5 Å². The van der Waals surface area contributed by atoms with Crippen LogP contribution in [0.25, 0.3) is 28.0 Å². The number of sulfone groups is 1. The highest BCUT2D eigenvalue weighted by atomic mass is 32.2. The first-order valence-electron chi connectivity index (χ1n) is 14.1. The molecule has 0 unspecified atom stereocenters. The third-order valence-electron chi connectivity index (χ3n) is 8.47. The molecule has 1 aromatic carbocycles. The summed E-state index contributed by atoms with van der Waals surface area (Å²) in [5.74, 6) is -3.07. The smallest absolute Gasteiger partial charge is 0.382 e. The number of amides is 1. The van der Waals surface area contributed by atoms with Crippen LogP contribution in [0.5, 0.6) is 0 Å². The number of rotatable bonds is 5. The number of nitrogens with one attached hydrogen (secondary N) is 1. The number of pyridine rings is 1. The second-order valence-electron chi connectivity index (χ2n) is 11.3. The van der Waals surface area contributed by atoms with Crippen molar-refractivity contribution in [2.24, 2.45) is 0 Å². The quantitative estimate of drug-likeness (QED) is 0.288. The van der Waals surface area contributed by atoms with Crippen molar-refractivity contribution in [3.8, 4) is 22.4 Å². The second kappa shape index (κ2) is 10.4. The summed E-state index contributed by atoms with van der Waals surface area (Å²) in [6.45, 7) is 0. The summed E-state index contributed by atoms with van der Waals surface area (Å²) in [7, 11) is -3.87. The molecule has 1 amide bonds. The Morgan fingerprint density at radius 2 is 1.71 bits per heavy atom. The average molecular weight is 638 g/mol. The van der Waals surface area contributed by atoms with E-state index in [-0.39, 0.29) is 28.5 Å². The molecule has 0 spiro atoms. The molecule has 232 valence electrons. The van der Waals surface area contributed by atoms with Crippen LogP contribution < -0.4 is 5.73 Å². The summed E-state index contributed by atoms with van der Waals surface area (Å²) in [5, 5.41) is 9.62. The predicted molar refractivity (Wildman–Crippen MR) is 156 cm³/mol. The normalized spacial score (nSPS) is 20.2. The Labute approximate surface area is 254 Å². The maximum atomic E-state index is 13.3. The molecular formula is C29H26F3N9O3S. The molecular weight excluding hydrogens is 611 g/mol. The molecule has 45 heavy (non-hydrogen) atoms. The summed E-state index contributed by atoms with van der Waals surface area (Å²) in [6.07, 6.45) is 1.38. The minimum absolute atomic E-state index is 0.0789. The Kier molecular flexibility index (Phi) is 6.65. The van der Waals surface area contributed by atoms with Crippen LogP contribution in [0.15, 0.2) is 59.8 Å². The third kappa shape index (κ3) is 4.98. The molecule has 2 bridgehead atoms. The lowest BCUT2D eigenvalue weighted by molar-refractivity contribution is -0.144. The van der Waals surface area contributed by atoms with Gasteiger partial charge < -0.3 is 10.6 Å². The fourth-order valence-electron chi connectivity index (χ4n) is 6.55. The molecule has 0 saturated carbocycles. The van der Waals surface area contributed by atoms with Gasteiger partial charge in [0, 0.05) is 47.1 Å². The van der Waals surface area contributed by atoms with Gasteiger partial charge in [0.2, 0.25) is 5.82 Å². The zero-order valence-electron chi connectivity index (χ0n) is 23.7. The maximum absolute atomic E-state index is 13.3. The highest BCUT2D eigenvalue weighted by Crippen LogP contribution is 2.46. The van der Waals surface area contributed by atoms with E-state index >= 15 is 0 Å². The van der Waals surface area contributed by atoms with Crippen LogP contribution >= 0.6 is 0 Å². The van der Waals surface area contributed by atoms with Gasteiger partial charge in [-0.15, -0.1) is 5.10 Å². The molecule has 2 aliphatic rings. The first-order valence-corrected chi connectivity index (χ1v) is 16.0. The zero-order chi connectivity index (χ0) is 31.7. The Morgan fingerprint density at radius 3 is 2.31 bits per heavy atom. The number of carbonyl (C=O) groups excluding carboxylic acids is 1. The van der Waals surface area contributed by atoms with Gasteiger partial charge in [-0.1, -0.05) is 36.4 Å². The predicted octanol–water partition coefficient (Wildman–Crippen LogP) is 4.13. The molecule has 4 aromatic heterocycles. The van der Waals surface area contributed by atoms with Crippen LogP contribution in [0.3, 0.4) is 0 Å². The van der Waals surface area contributed by atoms with E-state index in [9.17, 15) is 26.4 Å². The molecule has 12 nitrogen and oxygen atoms in total. The minimum Gasteiger partial charge on any atom is -0.382 e. The van der Waals surface area contributed by atoms with Crippen molar-refractivity contribution in [1.82, 2.24) is 39.7 Å². The van der Waals surface area contributed by atoms with E-state index in [1.165, 1.54) is 9.42 Å². The SMILES string of the molecule is CS(=O)(=O)c1c([C@@H]2C[C@H]3CC[C@@H](C2)N3C(=O)c2nc(C(F)(F)F)n[nH]2)nc2c(-c3ccc(-c4ccccc4)nc3)cnn2c1N. The number of alkyl halides is 3. The van der Waals surface area contributed by atoms with Gasteiger partial charge in [0.1, 0.15) is 10.7 Å². The van der Waals surface area contributed by atoms with Crippen molar-refractivity contribution in [3.05, 3.63) is 72.2 Å². The molecule has 5 aromatic rings. The molecule has 16 heteroatoms. The van der Waals surface area contributed by atoms with Gasteiger partial charge in [0.25, 0.3) is 11.7 Å². The first kappa shape index (κ1) is 28.9. The molecule has 3 N–H and O–H groups in total. The first-order chi connectivity index (χ1) is 21.4. The van der Waals surface area contributed by atoms with Crippen LogP contribution in [-0.2, 0) is 16.0 Å². The van der Waals surface area contributed by atoms with Crippen LogP contribution in [0, 0.1) is 0 Å². The number of nitrogen functional groups attached to an aromatic ring is 1. The van der Waals surface area contributed by atoms with Crippen molar-refractivity contribution in [3.63, 3.8) is 0 Å². The largest absolute Gasteiger partial charge is 0.453 e. The van der Waals surface area contributed by atoms with E-state index in [4.69, 9.17) is 10.7 Å². The van der Waals surface area contributed by atoms with Gasteiger partial charge in [-0.2, -0.15) is 27.8 Å². The summed E-state index contributed by atoms with van der Waals surface area (Å²) in [6, 6.07) is 12.7. The van der Waals surface area contributed by atoms with Crippen molar-refractivity contribution < 1.29 is 26.4 Å². The molecule has 6 heterocycles. The maximum Gasteiger partial charge on any atom is 0.453 e. The van der Waals surface area contributed by atoms with Gasteiger partial charge in [0.05, 0.1) is 17.6 Å². The van der Waals surface area contributed by atoms with Crippen LogP contribution in [0.1, 0.15) is 53.7 Å². The third-order valence-corrected chi connectivity index (χ3v) is 9.63.